The quantitative estimate of drug-likeness (QED) is 0.686. The standard InChI is InChI=1S/C22H24O/c1-14-15(2)21-20-8-6-5-7-16(20)12-22(21,3)13-17-11-18(23-4)9-10-19(14)17/h5-11,14H,12-13H2,1-4H3. The summed E-state index contributed by atoms with van der Waals surface area (Å²) in [4.78, 5) is 0. The minimum atomic E-state index is 0.194. The van der Waals surface area contributed by atoms with Crippen LogP contribution in [0.1, 0.15) is 48.9 Å². The maximum absolute atomic E-state index is 5.48. The van der Waals surface area contributed by atoms with Crippen LogP contribution < -0.4 is 4.74 Å². The number of fused-ring (bicyclic) bond motifs is 4. The van der Waals surface area contributed by atoms with Gasteiger partial charge < -0.3 is 4.74 Å². The van der Waals surface area contributed by atoms with Gasteiger partial charge in [-0.2, -0.15) is 0 Å². The average Bonchev–Trinajstić information content (AvgIpc) is 2.80. The molecule has 2 aliphatic rings. The summed E-state index contributed by atoms with van der Waals surface area (Å²) in [6, 6.07) is 15.6. The van der Waals surface area contributed by atoms with Crippen molar-refractivity contribution in [2.45, 2.75) is 39.5 Å². The van der Waals surface area contributed by atoms with Gasteiger partial charge in [-0.05, 0) is 59.7 Å². The van der Waals surface area contributed by atoms with Gasteiger partial charge in [0.2, 0.25) is 0 Å². The van der Waals surface area contributed by atoms with Crippen molar-refractivity contribution in [1.82, 2.24) is 0 Å². The van der Waals surface area contributed by atoms with Crippen LogP contribution in [-0.2, 0) is 12.8 Å². The molecule has 0 aromatic heterocycles. The fourth-order valence-electron chi connectivity index (χ4n) is 4.75. The summed E-state index contributed by atoms with van der Waals surface area (Å²) in [5, 5.41) is 0. The van der Waals surface area contributed by atoms with E-state index in [-0.39, 0.29) is 5.41 Å². The van der Waals surface area contributed by atoms with Crippen LogP contribution in [0.15, 0.2) is 48.0 Å². The average molecular weight is 304 g/mol. The first-order valence-corrected chi connectivity index (χ1v) is 8.50. The van der Waals surface area contributed by atoms with E-state index in [2.05, 4.69) is 63.2 Å². The van der Waals surface area contributed by atoms with E-state index >= 15 is 0 Å². The maximum Gasteiger partial charge on any atom is 0.119 e. The summed E-state index contributed by atoms with van der Waals surface area (Å²) in [6.07, 6.45) is 2.23. The van der Waals surface area contributed by atoms with Crippen LogP contribution in [0.4, 0.5) is 0 Å². The van der Waals surface area contributed by atoms with Crippen molar-refractivity contribution >= 4 is 5.57 Å². The van der Waals surface area contributed by atoms with Gasteiger partial charge in [0, 0.05) is 11.3 Å². The highest BCUT2D eigenvalue weighted by Crippen LogP contribution is 2.54. The van der Waals surface area contributed by atoms with Crippen LogP contribution in [0.3, 0.4) is 0 Å². The molecule has 1 nitrogen and oxygen atoms in total. The van der Waals surface area contributed by atoms with Gasteiger partial charge >= 0.3 is 0 Å². The number of rotatable bonds is 1. The first kappa shape index (κ1) is 14.6. The van der Waals surface area contributed by atoms with Gasteiger partial charge in [-0.15, -0.1) is 0 Å². The molecule has 2 aromatic rings. The Kier molecular flexibility index (Phi) is 3.16. The van der Waals surface area contributed by atoms with Gasteiger partial charge in [0.1, 0.15) is 5.75 Å². The molecule has 0 saturated heterocycles. The molecule has 2 unspecified atom stereocenters. The van der Waals surface area contributed by atoms with E-state index < -0.39 is 0 Å². The van der Waals surface area contributed by atoms with Crippen LogP contribution >= 0.6 is 0 Å². The van der Waals surface area contributed by atoms with Crippen LogP contribution in [0, 0.1) is 5.41 Å². The molecular weight excluding hydrogens is 280 g/mol. The van der Waals surface area contributed by atoms with E-state index in [0.717, 1.165) is 18.6 Å². The van der Waals surface area contributed by atoms with E-state index in [1.165, 1.54) is 27.8 Å². The lowest BCUT2D eigenvalue weighted by Crippen LogP contribution is -2.19. The Morgan fingerprint density at radius 2 is 1.78 bits per heavy atom. The second-order valence-corrected chi connectivity index (χ2v) is 7.42. The highest BCUT2D eigenvalue weighted by atomic mass is 16.5. The molecule has 0 radical (unpaired) electrons. The Balaban J connectivity index is 1.94. The van der Waals surface area contributed by atoms with Gasteiger partial charge in [-0.3, -0.25) is 0 Å². The van der Waals surface area contributed by atoms with Crippen molar-refractivity contribution in [3.63, 3.8) is 0 Å². The zero-order valence-electron chi connectivity index (χ0n) is 14.4. The molecule has 0 saturated carbocycles. The smallest absolute Gasteiger partial charge is 0.119 e. The molecule has 2 atom stereocenters. The van der Waals surface area contributed by atoms with E-state index in [1.807, 2.05) is 0 Å². The zero-order valence-corrected chi connectivity index (χ0v) is 14.4. The molecule has 0 N–H and O–H groups in total. The molecule has 1 heteroatoms. The highest BCUT2D eigenvalue weighted by molar-refractivity contribution is 5.81. The summed E-state index contributed by atoms with van der Waals surface area (Å²) in [7, 11) is 1.75. The fraction of sp³-hybridized carbons (Fsp3) is 0.364. The van der Waals surface area contributed by atoms with Crippen molar-refractivity contribution in [3.05, 3.63) is 70.3 Å². The van der Waals surface area contributed by atoms with E-state index in [1.54, 1.807) is 12.7 Å². The van der Waals surface area contributed by atoms with Crippen molar-refractivity contribution in [3.8, 4) is 5.75 Å². The molecule has 2 aromatic carbocycles. The summed E-state index contributed by atoms with van der Waals surface area (Å²) < 4.78 is 5.48. The van der Waals surface area contributed by atoms with Gasteiger partial charge in [0.15, 0.2) is 0 Å². The number of methoxy groups -OCH3 is 1. The molecular formula is C22H24O. The van der Waals surface area contributed by atoms with Gasteiger partial charge in [0.25, 0.3) is 0 Å². The molecule has 0 heterocycles. The van der Waals surface area contributed by atoms with E-state index in [0.29, 0.717) is 5.92 Å². The molecule has 0 bridgehead atoms. The molecule has 23 heavy (non-hydrogen) atoms. The lowest BCUT2D eigenvalue weighted by Gasteiger charge is -2.27. The topological polar surface area (TPSA) is 9.23 Å². The fourth-order valence-corrected chi connectivity index (χ4v) is 4.75. The van der Waals surface area contributed by atoms with E-state index in [4.69, 9.17) is 4.74 Å². The third-order valence-corrected chi connectivity index (χ3v) is 5.91. The Hall–Kier alpha value is -2.02. The summed E-state index contributed by atoms with van der Waals surface area (Å²) in [6.45, 7) is 7.12. The van der Waals surface area contributed by atoms with Gasteiger partial charge in [-0.1, -0.05) is 49.8 Å². The Bertz CT molecular complexity index is 814. The number of benzene rings is 2. The zero-order chi connectivity index (χ0) is 16.2. The van der Waals surface area contributed by atoms with Crippen LogP contribution in [0.2, 0.25) is 0 Å². The second kappa shape index (κ2) is 4.99. The third kappa shape index (κ3) is 2.06. The van der Waals surface area contributed by atoms with Crippen LogP contribution in [0.25, 0.3) is 5.57 Å². The largest absolute Gasteiger partial charge is 0.497 e. The molecule has 4 rings (SSSR count). The highest BCUT2D eigenvalue weighted by Gasteiger charge is 2.42. The number of hydrogen-bond acceptors (Lipinski definition) is 1. The molecule has 118 valence electrons. The van der Waals surface area contributed by atoms with E-state index in [9.17, 15) is 0 Å². The molecule has 2 aliphatic carbocycles. The lowest BCUT2D eigenvalue weighted by atomic mass is 9.77. The van der Waals surface area contributed by atoms with Crippen molar-refractivity contribution < 1.29 is 4.74 Å². The molecule has 0 fully saturated rings. The van der Waals surface area contributed by atoms with Crippen LogP contribution in [-0.4, -0.2) is 7.11 Å². The number of allylic oxidation sites excluding steroid dienone is 2. The van der Waals surface area contributed by atoms with Crippen molar-refractivity contribution in [2.24, 2.45) is 5.41 Å². The van der Waals surface area contributed by atoms with Crippen molar-refractivity contribution in [1.29, 1.82) is 0 Å². The van der Waals surface area contributed by atoms with Gasteiger partial charge in [-0.25, -0.2) is 0 Å². The third-order valence-electron chi connectivity index (χ3n) is 5.91. The monoisotopic (exact) mass is 304 g/mol. The first-order chi connectivity index (χ1) is 11.0. The van der Waals surface area contributed by atoms with Crippen molar-refractivity contribution in [2.75, 3.05) is 7.11 Å². The minimum Gasteiger partial charge on any atom is -0.497 e. The van der Waals surface area contributed by atoms with Crippen LogP contribution in [0.5, 0.6) is 5.75 Å². The minimum absolute atomic E-state index is 0.194. The SMILES string of the molecule is COc1ccc2c(c1)CC1(C)Cc3ccccc3C1=C(C)C2C. The predicted molar refractivity (Wildman–Crippen MR) is 96.0 cm³/mol. The lowest BCUT2D eigenvalue weighted by molar-refractivity contribution is 0.412. The summed E-state index contributed by atoms with van der Waals surface area (Å²) >= 11 is 0. The van der Waals surface area contributed by atoms with Gasteiger partial charge in [0.05, 0.1) is 7.11 Å². The normalized spacial score (nSPS) is 25.5. The summed E-state index contributed by atoms with van der Waals surface area (Å²) in [5.41, 5.74) is 9.18. The molecule has 0 spiro atoms. The Morgan fingerprint density at radius 1 is 1.04 bits per heavy atom. The molecule has 0 amide bonds. The second-order valence-electron chi connectivity index (χ2n) is 7.42. The molecule has 0 aliphatic heterocycles. The Morgan fingerprint density at radius 3 is 2.57 bits per heavy atom. The Labute approximate surface area is 139 Å². The number of hydrogen-bond donors (Lipinski definition) is 0. The number of ether oxygens (including phenoxy) is 1. The predicted octanol–water partition coefficient (Wildman–Crippen LogP) is 5.39. The summed E-state index contributed by atoms with van der Waals surface area (Å²) in [5.74, 6) is 1.43. The first-order valence-electron chi connectivity index (χ1n) is 8.50. The maximum atomic E-state index is 5.48.